The minimum atomic E-state index is -1.88. The number of rotatable bonds is 35. The minimum Gasteiger partial charge on any atom is -0.508 e. The Morgan fingerprint density at radius 3 is 1.55 bits per heavy atom. The molecule has 0 aromatic heterocycles. The van der Waals surface area contributed by atoms with Crippen molar-refractivity contribution in [1.82, 2.24) is 52.8 Å². The van der Waals surface area contributed by atoms with Gasteiger partial charge in [-0.25, -0.2) is 4.79 Å². The summed E-state index contributed by atoms with van der Waals surface area (Å²) < 4.78 is 0. The molecule has 1 fully saturated rings. The summed E-state index contributed by atoms with van der Waals surface area (Å²) in [6, 6.07) is -0.569. The maximum Gasteiger partial charge on any atom is 0.326 e. The molecule has 19 N–H and O–H groups in total. The van der Waals surface area contributed by atoms with Gasteiger partial charge in [-0.05, 0) is 74.1 Å². The van der Waals surface area contributed by atoms with Gasteiger partial charge in [0.1, 0.15) is 60.1 Å². The fourth-order valence-electron chi connectivity index (χ4n) is 9.39. The van der Waals surface area contributed by atoms with Crippen LogP contribution in [0.5, 0.6) is 5.75 Å². The van der Waals surface area contributed by atoms with Crippen molar-refractivity contribution in [3.05, 3.63) is 65.7 Å². The Labute approximate surface area is 509 Å². The number of hydrogen-bond donors (Lipinski definition) is 16. The van der Waals surface area contributed by atoms with E-state index in [9.17, 15) is 82.8 Å². The molecule has 2 aromatic carbocycles. The molecule has 0 spiro atoms. The SMILES string of the molecule is CC[C@H](C)[C@H](NC(=O)[C@H](CC(N)=O)NC(=O)[C@@H](N)Cc1ccccc1)C(=O)N[C@H](C(=O)NCC(=O)N[C@H](C(=O)N[C@H](C(=O)N[C@@H](Cc1ccc(O)cc1)C(=O)N1CCC[C@H]1C(=O)N[C@H](C(=O)N[C@@H](CC(N)=O)C(=O)O)[C@@H](C)CC)[C@@H](C)O)[C@@H](C)O)C(C)C. The molecule has 30 heteroatoms. The maximum atomic E-state index is 14.6. The average Bonchev–Trinajstić information content (AvgIpc) is 4.04. The second-order valence-electron chi connectivity index (χ2n) is 22.4. The number of hydrogen-bond acceptors (Lipinski definition) is 17. The van der Waals surface area contributed by atoms with Crippen molar-refractivity contribution in [2.45, 2.75) is 179 Å². The van der Waals surface area contributed by atoms with Crippen LogP contribution in [0.2, 0.25) is 0 Å². The molecule has 1 aliphatic heterocycles. The van der Waals surface area contributed by atoms with E-state index in [0.29, 0.717) is 18.4 Å². The molecular weight excluding hydrogens is 1150 g/mol. The highest BCUT2D eigenvalue weighted by atomic mass is 16.4. The van der Waals surface area contributed by atoms with Crippen LogP contribution < -0.4 is 65.1 Å². The van der Waals surface area contributed by atoms with Crippen LogP contribution in [0.15, 0.2) is 54.6 Å². The quantitative estimate of drug-likeness (QED) is 0.0311. The van der Waals surface area contributed by atoms with Gasteiger partial charge in [0.25, 0.3) is 0 Å². The zero-order chi connectivity index (χ0) is 66.3. The van der Waals surface area contributed by atoms with Crippen molar-refractivity contribution >= 4 is 76.9 Å². The van der Waals surface area contributed by atoms with Crippen molar-refractivity contribution in [3.8, 4) is 5.75 Å². The van der Waals surface area contributed by atoms with Crippen LogP contribution in [0.1, 0.15) is 105 Å². The van der Waals surface area contributed by atoms with Gasteiger partial charge in [0, 0.05) is 13.0 Å². The van der Waals surface area contributed by atoms with E-state index in [4.69, 9.17) is 17.2 Å². The van der Waals surface area contributed by atoms with E-state index in [1.807, 2.05) is 0 Å². The summed E-state index contributed by atoms with van der Waals surface area (Å²) in [5.74, 6) is -14.9. The number of aliphatic hydroxyl groups is 2. The summed E-state index contributed by atoms with van der Waals surface area (Å²) in [7, 11) is 0. The molecule has 1 heterocycles. The van der Waals surface area contributed by atoms with Gasteiger partial charge in [-0.3, -0.25) is 57.5 Å². The predicted octanol–water partition coefficient (Wildman–Crippen LogP) is -4.16. The Bertz CT molecular complexity index is 2790. The number of carbonyl (C=O) groups excluding carboxylic acids is 12. The zero-order valence-electron chi connectivity index (χ0n) is 50.7. The summed E-state index contributed by atoms with van der Waals surface area (Å²) in [5, 5.41) is 63.0. The first-order chi connectivity index (χ1) is 41.3. The number of likely N-dealkylation sites (tertiary alicyclic amines) is 1. The Hall–Kier alpha value is -8.77. The van der Waals surface area contributed by atoms with E-state index in [2.05, 4.69) is 47.9 Å². The summed E-state index contributed by atoms with van der Waals surface area (Å²) in [5.41, 5.74) is 17.8. The summed E-state index contributed by atoms with van der Waals surface area (Å²) in [4.78, 5) is 174. The molecule has 486 valence electrons. The third kappa shape index (κ3) is 22.8. The minimum absolute atomic E-state index is 0.0198. The lowest BCUT2D eigenvalue weighted by molar-refractivity contribution is -0.145. The van der Waals surface area contributed by atoms with Gasteiger partial charge in [0.15, 0.2) is 0 Å². The number of carbonyl (C=O) groups is 13. The Morgan fingerprint density at radius 2 is 1.01 bits per heavy atom. The van der Waals surface area contributed by atoms with Gasteiger partial charge < -0.3 is 90.4 Å². The monoisotopic (exact) mass is 1240 g/mol. The fourth-order valence-corrected chi connectivity index (χ4v) is 9.39. The Kier molecular flexibility index (Phi) is 29.3. The number of aliphatic carboxylic acids is 1. The van der Waals surface area contributed by atoms with Crippen LogP contribution in [0.25, 0.3) is 0 Å². The number of carboxylic acid groups (broad SMARTS) is 1. The highest BCUT2D eigenvalue weighted by Gasteiger charge is 2.42. The van der Waals surface area contributed by atoms with Crippen LogP contribution in [0.3, 0.4) is 0 Å². The summed E-state index contributed by atoms with van der Waals surface area (Å²) in [6.07, 6.45) is -3.94. The summed E-state index contributed by atoms with van der Waals surface area (Å²) >= 11 is 0. The third-order valence-electron chi connectivity index (χ3n) is 14.9. The third-order valence-corrected chi connectivity index (χ3v) is 14.9. The van der Waals surface area contributed by atoms with E-state index < -0.39 is 187 Å². The zero-order valence-corrected chi connectivity index (χ0v) is 50.7. The molecule has 2 aromatic rings. The lowest BCUT2D eigenvalue weighted by atomic mass is 9.96. The van der Waals surface area contributed by atoms with E-state index >= 15 is 0 Å². The first-order valence-electron chi connectivity index (χ1n) is 29.0. The Balaban J connectivity index is 1.77. The molecule has 0 unspecified atom stereocenters. The van der Waals surface area contributed by atoms with Crippen molar-refractivity contribution in [1.29, 1.82) is 0 Å². The maximum absolute atomic E-state index is 14.6. The molecule has 0 aliphatic carbocycles. The highest BCUT2D eigenvalue weighted by molar-refractivity contribution is 6.00. The second-order valence-corrected chi connectivity index (χ2v) is 22.4. The standard InChI is InChI=1S/C58H87N13O17/c1-9-29(5)45(53(82)65-39(58(87)88)26-42(61)76)69-51(80)40-17-14-22-71(40)57(86)38(24-34-18-20-35(74)21-19-34)64-55(84)48(32(8)73)70-56(85)47(31(7)72)66-43(77)27-62-52(81)44(28(3)4)67-54(83)46(30(6)10-2)68-50(79)37(25-41(60)75)63-49(78)36(59)23-33-15-12-11-13-16-33/h11-13,15-16,18-21,28-32,36-40,44-48,72-74H,9-10,14,17,22-27,59H2,1-8H3,(H2,60,75)(H2,61,76)(H,62,81)(H,63,78)(H,64,84)(H,65,82)(H,66,77)(H,67,83)(H,68,79)(H,69,80)(H,70,85)(H,87,88)/t29-,30-,31+,32+,36-,37-,38-,39-,40-,44-,45-,46-,47-,48-/m0/s1. The van der Waals surface area contributed by atoms with E-state index in [1.54, 1.807) is 71.9 Å². The molecule has 3 rings (SSSR count). The molecule has 0 saturated carbocycles. The molecule has 1 saturated heterocycles. The molecule has 1 aliphatic rings. The number of nitrogens with zero attached hydrogens (tertiary/aromatic N) is 1. The number of primary amides is 2. The number of aliphatic hydroxyl groups excluding tert-OH is 2. The van der Waals surface area contributed by atoms with Crippen LogP contribution in [0.4, 0.5) is 0 Å². The number of carboxylic acids is 1. The lowest BCUT2D eigenvalue weighted by Crippen LogP contribution is -2.63. The first kappa shape index (κ1) is 73.5. The van der Waals surface area contributed by atoms with Gasteiger partial charge in [0.05, 0.1) is 37.6 Å². The van der Waals surface area contributed by atoms with Crippen molar-refractivity contribution < 1.29 is 82.8 Å². The number of phenols is 1. The molecule has 0 radical (unpaired) electrons. The van der Waals surface area contributed by atoms with Crippen molar-refractivity contribution in [2.75, 3.05) is 13.1 Å². The normalized spacial score (nSPS) is 17.4. The Morgan fingerprint density at radius 1 is 0.545 bits per heavy atom. The molecule has 88 heavy (non-hydrogen) atoms. The summed E-state index contributed by atoms with van der Waals surface area (Å²) in [6.45, 7) is 11.2. The number of nitrogens with two attached hydrogens (primary N) is 3. The molecular formula is C58H87N13O17. The number of amides is 12. The second kappa shape index (κ2) is 35.1. The number of benzene rings is 2. The molecule has 30 nitrogen and oxygen atoms in total. The van der Waals surface area contributed by atoms with E-state index in [-0.39, 0.29) is 38.0 Å². The largest absolute Gasteiger partial charge is 0.508 e. The van der Waals surface area contributed by atoms with Crippen LogP contribution in [-0.4, -0.2) is 188 Å². The van der Waals surface area contributed by atoms with Gasteiger partial charge in [-0.15, -0.1) is 0 Å². The number of nitrogens with one attached hydrogen (secondary N) is 9. The van der Waals surface area contributed by atoms with Gasteiger partial charge in [-0.2, -0.15) is 0 Å². The van der Waals surface area contributed by atoms with E-state index in [1.165, 1.54) is 24.3 Å². The van der Waals surface area contributed by atoms with Crippen molar-refractivity contribution in [2.24, 2.45) is 35.0 Å². The molecule has 14 atom stereocenters. The van der Waals surface area contributed by atoms with E-state index in [0.717, 1.165) is 24.3 Å². The molecule has 12 amide bonds. The number of aromatic hydroxyl groups is 1. The lowest BCUT2D eigenvalue weighted by Gasteiger charge is -2.32. The first-order valence-corrected chi connectivity index (χ1v) is 29.0. The van der Waals surface area contributed by atoms with Gasteiger partial charge >= 0.3 is 5.97 Å². The average molecular weight is 1240 g/mol. The van der Waals surface area contributed by atoms with Crippen molar-refractivity contribution in [3.63, 3.8) is 0 Å². The van der Waals surface area contributed by atoms with Crippen LogP contribution in [0, 0.1) is 17.8 Å². The predicted molar refractivity (Wildman–Crippen MR) is 315 cm³/mol. The molecule has 0 bridgehead atoms. The number of phenolic OH excluding ortho intramolecular Hbond substituents is 1. The smallest absolute Gasteiger partial charge is 0.326 e. The van der Waals surface area contributed by atoms with Gasteiger partial charge in [0.2, 0.25) is 70.9 Å². The highest BCUT2D eigenvalue weighted by Crippen LogP contribution is 2.22. The van der Waals surface area contributed by atoms with Crippen LogP contribution >= 0.6 is 0 Å². The fraction of sp³-hybridized carbons (Fsp3) is 0.569. The topological polar surface area (TPSA) is 492 Å². The van der Waals surface area contributed by atoms with Gasteiger partial charge in [-0.1, -0.05) is 96.8 Å². The van der Waals surface area contributed by atoms with Crippen LogP contribution in [-0.2, 0) is 75.2 Å².